The predicted molar refractivity (Wildman–Crippen MR) is 78.4 cm³/mol. The van der Waals surface area contributed by atoms with Crippen LogP contribution in [0.25, 0.3) is 0 Å². The monoisotopic (exact) mass is 277 g/mol. The Balaban J connectivity index is 1.61. The van der Waals surface area contributed by atoms with E-state index in [0.717, 1.165) is 50.9 Å². The molecule has 1 N–H and O–H groups in total. The summed E-state index contributed by atoms with van der Waals surface area (Å²) in [4.78, 5) is 13.8. The van der Waals surface area contributed by atoms with Gasteiger partial charge >= 0.3 is 0 Å². The first kappa shape index (κ1) is 13.6. The second kappa shape index (κ2) is 5.93. The number of rotatable bonds is 4. The first-order chi connectivity index (χ1) is 9.76. The Bertz CT molecular complexity index is 455. The van der Waals surface area contributed by atoms with Crippen LogP contribution in [0, 0.1) is 6.92 Å². The van der Waals surface area contributed by atoms with Crippen LogP contribution in [0.1, 0.15) is 12.6 Å². The van der Waals surface area contributed by atoms with Gasteiger partial charge in [0.15, 0.2) is 0 Å². The third kappa shape index (κ3) is 2.86. The van der Waals surface area contributed by atoms with Crippen LogP contribution in [0.5, 0.6) is 5.88 Å². The lowest BCUT2D eigenvalue weighted by Crippen LogP contribution is -2.63. The Hall–Kier alpha value is -1.40. The fourth-order valence-electron chi connectivity index (χ4n) is 2.78. The summed E-state index contributed by atoms with van der Waals surface area (Å²) in [5.41, 5.74) is 0.962. The standard InChI is InChI=1S/C14H23N5O/c1-3-20-13-8-11(2)16-14(17-13)19-9-12(10-19)18-6-4-15-5-7-18/h8,12,15H,3-7,9-10H2,1-2H3. The summed E-state index contributed by atoms with van der Waals surface area (Å²) >= 11 is 0. The second-order valence-electron chi connectivity index (χ2n) is 5.43. The van der Waals surface area contributed by atoms with Crippen molar-refractivity contribution >= 4 is 5.95 Å². The maximum Gasteiger partial charge on any atom is 0.228 e. The van der Waals surface area contributed by atoms with Crippen LogP contribution in [0.2, 0.25) is 0 Å². The largest absolute Gasteiger partial charge is 0.478 e. The second-order valence-corrected chi connectivity index (χ2v) is 5.43. The highest BCUT2D eigenvalue weighted by atomic mass is 16.5. The van der Waals surface area contributed by atoms with Crippen LogP contribution in [-0.2, 0) is 0 Å². The number of nitrogens with one attached hydrogen (secondary N) is 1. The average molecular weight is 277 g/mol. The molecule has 2 aliphatic rings. The third-order valence-corrected chi connectivity index (χ3v) is 3.92. The Kier molecular flexibility index (Phi) is 4.03. The van der Waals surface area contributed by atoms with E-state index in [1.165, 1.54) is 0 Å². The van der Waals surface area contributed by atoms with Gasteiger partial charge in [0, 0.05) is 57.1 Å². The maximum atomic E-state index is 5.49. The predicted octanol–water partition coefficient (Wildman–Crippen LogP) is 0.278. The van der Waals surface area contributed by atoms with Gasteiger partial charge in [-0.25, -0.2) is 4.98 Å². The van der Waals surface area contributed by atoms with Crippen molar-refractivity contribution in [1.29, 1.82) is 0 Å². The minimum atomic E-state index is 0.638. The van der Waals surface area contributed by atoms with Gasteiger partial charge in [0.2, 0.25) is 11.8 Å². The van der Waals surface area contributed by atoms with E-state index in [4.69, 9.17) is 4.74 Å². The van der Waals surface area contributed by atoms with Crippen molar-refractivity contribution < 1.29 is 4.74 Å². The van der Waals surface area contributed by atoms with Crippen molar-refractivity contribution in [2.45, 2.75) is 19.9 Å². The van der Waals surface area contributed by atoms with Crippen LogP contribution in [0.3, 0.4) is 0 Å². The van der Waals surface area contributed by atoms with Gasteiger partial charge in [-0.2, -0.15) is 4.98 Å². The van der Waals surface area contributed by atoms with Gasteiger partial charge in [0.1, 0.15) is 0 Å². The molecule has 3 heterocycles. The highest BCUT2D eigenvalue weighted by Gasteiger charge is 2.34. The molecule has 6 nitrogen and oxygen atoms in total. The Morgan fingerprint density at radius 2 is 2.05 bits per heavy atom. The van der Waals surface area contributed by atoms with E-state index in [2.05, 4.69) is 25.1 Å². The van der Waals surface area contributed by atoms with Gasteiger partial charge in [-0.3, -0.25) is 4.90 Å². The molecule has 1 aromatic heterocycles. The van der Waals surface area contributed by atoms with Gasteiger partial charge in [0.25, 0.3) is 0 Å². The zero-order chi connectivity index (χ0) is 13.9. The van der Waals surface area contributed by atoms with Crippen molar-refractivity contribution in [2.75, 3.05) is 50.8 Å². The van der Waals surface area contributed by atoms with E-state index in [-0.39, 0.29) is 0 Å². The van der Waals surface area contributed by atoms with Gasteiger partial charge in [0.05, 0.1) is 6.61 Å². The summed E-state index contributed by atoms with van der Waals surface area (Å²) in [5.74, 6) is 1.49. The van der Waals surface area contributed by atoms with Crippen LogP contribution in [-0.4, -0.2) is 66.8 Å². The number of aromatic nitrogens is 2. The fraction of sp³-hybridized carbons (Fsp3) is 0.714. The molecule has 2 fully saturated rings. The normalized spacial score (nSPS) is 20.8. The number of hydrogen-bond acceptors (Lipinski definition) is 6. The summed E-state index contributed by atoms with van der Waals surface area (Å²) in [6.07, 6.45) is 0. The molecule has 0 radical (unpaired) electrons. The quantitative estimate of drug-likeness (QED) is 0.853. The minimum absolute atomic E-state index is 0.638. The minimum Gasteiger partial charge on any atom is -0.478 e. The molecule has 2 saturated heterocycles. The lowest BCUT2D eigenvalue weighted by atomic mass is 10.1. The molecule has 3 rings (SSSR count). The molecule has 0 atom stereocenters. The summed E-state index contributed by atoms with van der Waals surface area (Å²) in [6.45, 7) is 11.2. The SMILES string of the molecule is CCOc1cc(C)nc(N2CC(N3CCNCC3)C2)n1. The molecule has 0 amide bonds. The van der Waals surface area contributed by atoms with Crippen molar-refractivity contribution in [2.24, 2.45) is 0 Å². The van der Waals surface area contributed by atoms with E-state index in [1.54, 1.807) is 0 Å². The molecule has 110 valence electrons. The fourth-order valence-corrected chi connectivity index (χ4v) is 2.78. The van der Waals surface area contributed by atoms with E-state index >= 15 is 0 Å². The Morgan fingerprint density at radius 1 is 1.30 bits per heavy atom. The molecule has 0 aliphatic carbocycles. The molecular weight excluding hydrogens is 254 g/mol. The zero-order valence-electron chi connectivity index (χ0n) is 12.3. The van der Waals surface area contributed by atoms with Crippen molar-refractivity contribution in [1.82, 2.24) is 20.2 Å². The first-order valence-corrected chi connectivity index (χ1v) is 7.44. The highest BCUT2D eigenvalue weighted by Crippen LogP contribution is 2.23. The van der Waals surface area contributed by atoms with Crippen molar-refractivity contribution in [3.63, 3.8) is 0 Å². The lowest BCUT2D eigenvalue weighted by molar-refractivity contribution is 0.146. The highest BCUT2D eigenvalue weighted by molar-refractivity contribution is 5.38. The number of hydrogen-bond donors (Lipinski definition) is 1. The van der Waals surface area contributed by atoms with Gasteiger partial charge in [-0.15, -0.1) is 0 Å². The Morgan fingerprint density at radius 3 is 2.75 bits per heavy atom. The zero-order valence-corrected chi connectivity index (χ0v) is 12.3. The van der Waals surface area contributed by atoms with Crippen LogP contribution in [0.4, 0.5) is 5.95 Å². The van der Waals surface area contributed by atoms with Crippen LogP contribution < -0.4 is 15.0 Å². The summed E-state index contributed by atoms with van der Waals surface area (Å²) in [5, 5.41) is 3.39. The number of aryl methyl sites for hydroxylation is 1. The molecule has 20 heavy (non-hydrogen) atoms. The van der Waals surface area contributed by atoms with Crippen molar-refractivity contribution in [3.05, 3.63) is 11.8 Å². The van der Waals surface area contributed by atoms with Crippen molar-refractivity contribution in [3.8, 4) is 5.88 Å². The maximum absolute atomic E-state index is 5.49. The smallest absolute Gasteiger partial charge is 0.228 e. The number of nitrogens with zero attached hydrogens (tertiary/aromatic N) is 4. The summed E-state index contributed by atoms with van der Waals surface area (Å²) in [6, 6.07) is 2.54. The summed E-state index contributed by atoms with van der Waals surface area (Å²) in [7, 11) is 0. The number of piperazine rings is 1. The van der Waals surface area contributed by atoms with E-state index in [9.17, 15) is 0 Å². The molecule has 6 heteroatoms. The Labute approximate surface area is 120 Å². The first-order valence-electron chi connectivity index (χ1n) is 7.44. The molecule has 0 aromatic carbocycles. The van der Waals surface area contributed by atoms with E-state index in [1.807, 2.05) is 19.9 Å². The number of ether oxygens (including phenoxy) is 1. The average Bonchev–Trinajstić information content (AvgIpc) is 2.38. The van der Waals surface area contributed by atoms with E-state index in [0.29, 0.717) is 18.5 Å². The van der Waals surface area contributed by atoms with Gasteiger partial charge < -0.3 is 15.0 Å². The van der Waals surface area contributed by atoms with Crippen LogP contribution in [0.15, 0.2) is 6.07 Å². The molecule has 2 aliphatic heterocycles. The molecule has 0 bridgehead atoms. The van der Waals surface area contributed by atoms with E-state index < -0.39 is 0 Å². The number of anilines is 1. The summed E-state index contributed by atoms with van der Waals surface area (Å²) < 4.78 is 5.49. The third-order valence-electron chi connectivity index (χ3n) is 3.92. The lowest BCUT2D eigenvalue weighted by Gasteiger charge is -2.46. The topological polar surface area (TPSA) is 53.5 Å². The molecule has 0 spiro atoms. The van der Waals surface area contributed by atoms with Gasteiger partial charge in [-0.05, 0) is 13.8 Å². The van der Waals surface area contributed by atoms with Gasteiger partial charge in [-0.1, -0.05) is 0 Å². The molecule has 0 saturated carbocycles. The van der Waals surface area contributed by atoms with Crippen LogP contribution >= 0.6 is 0 Å². The molecule has 0 unspecified atom stereocenters. The molecular formula is C14H23N5O. The molecule has 1 aromatic rings.